The molecule has 2 rings (SSSR count). The van der Waals surface area contributed by atoms with Crippen molar-refractivity contribution in [3.63, 3.8) is 0 Å². The maximum absolute atomic E-state index is 9.13. The van der Waals surface area contributed by atoms with E-state index in [-0.39, 0.29) is 11.0 Å². The molecule has 1 aliphatic heterocycles. The fourth-order valence-electron chi connectivity index (χ4n) is 2.23. The van der Waals surface area contributed by atoms with Gasteiger partial charge in [0.25, 0.3) is 0 Å². The van der Waals surface area contributed by atoms with Crippen LogP contribution in [0, 0.1) is 0 Å². The smallest absolute Gasteiger partial charge is 0.129 e. The van der Waals surface area contributed by atoms with Crippen molar-refractivity contribution >= 4 is 5.71 Å². The molecule has 0 unspecified atom stereocenters. The van der Waals surface area contributed by atoms with E-state index >= 15 is 0 Å². The SMILES string of the molecule is CC1(C)CC(=NO)c2ccc(C(C)(C)C)cc2O1. The van der Waals surface area contributed by atoms with E-state index in [9.17, 15) is 0 Å². The molecule has 3 heteroatoms. The predicted molar refractivity (Wildman–Crippen MR) is 72.8 cm³/mol. The second-order valence-corrected chi connectivity index (χ2v) is 6.55. The molecular weight excluding hydrogens is 226 g/mol. The lowest BCUT2D eigenvalue weighted by Gasteiger charge is -2.34. The molecule has 18 heavy (non-hydrogen) atoms. The summed E-state index contributed by atoms with van der Waals surface area (Å²) in [7, 11) is 0. The maximum Gasteiger partial charge on any atom is 0.129 e. The van der Waals surface area contributed by atoms with Crippen LogP contribution in [0.4, 0.5) is 0 Å². The van der Waals surface area contributed by atoms with Gasteiger partial charge in [-0.05, 0) is 37.0 Å². The minimum Gasteiger partial charge on any atom is -0.487 e. The lowest BCUT2D eigenvalue weighted by Crippen LogP contribution is -2.36. The van der Waals surface area contributed by atoms with Gasteiger partial charge in [-0.1, -0.05) is 32.0 Å². The number of ether oxygens (including phenoxy) is 1. The highest BCUT2D eigenvalue weighted by Crippen LogP contribution is 2.36. The number of hydrogen-bond donors (Lipinski definition) is 1. The van der Waals surface area contributed by atoms with E-state index in [4.69, 9.17) is 9.94 Å². The Kier molecular flexibility index (Phi) is 2.88. The summed E-state index contributed by atoms with van der Waals surface area (Å²) in [5.41, 5.74) is 2.56. The highest BCUT2D eigenvalue weighted by Gasteiger charge is 2.32. The summed E-state index contributed by atoms with van der Waals surface area (Å²) in [6.45, 7) is 10.5. The monoisotopic (exact) mass is 247 g/mol. The first-order chi connectivity index (χ1) is 8.23. The molecule has 98 valence electrons. The highest BCUT2D eigenvalue weighted by molar-refractivity contribution is 6.04. The summed E-state index contributed by atoms with van der Waals surface area (Å²) in [6, 6.07) is 6.12. The van der Waals surface area contributed by atoms with Crippen molar-refractivity contribution in [1.82, 2.24) is 0 Å². The summed E-state index contributed by atoms with van der Waals surface area (Å²) in [6.07, 6.45) is 0.616. The van der Waals surface area contributed by atoms with Gasteiger partial charge in [-0.2, -0.15) is 0 Å². The summed E-state index contributed by atoms with van der Waals surface area (Å²) in [5, 5.41) is 12.5. The molecule has 1 heterocycles. The fraction of sp³-hybridized carbons (Fsp3) is 0.533. The molecule has 0 bridgehead atoms. The third kappa shape index (κ3) is 2.35. The van der Waals surface area contributed by atoms with Crippen molar-refractivity contribution in [2.45, 2.75) is 52.1 Å². The van der Waals surface area contributed by atoms with E-state index in [1.54, 1.807) is 0 Å². The molecule has 0 atom stereocenters. The molecule has 1 aliphatic rings. The van der Waals surface area contributed by atoms with Crippen LogP contribution in [-0.4, -0.2) is 16.5 Å². The predicted octanol–water partition coefficient (Wildman–Crippen LogP) is 3.72. The van der Waals surface area contributed by atoms with Crippen LogP contribution in [0.3, 0.4) is 0 Å². The summed E-state index contributed by atoms with van der Waals surface area (Å²) >= 11 is 0. The van der Waals surface area contributed by atoms with E-state index in [1.807, 2.05) is 19.9 Å². The van der Waals surface area contributed by atoms with Crippen molar-refractivity contribution in [3.05, 3.63) is 29.3 Å². The zero-order valence-electron chi connectivity index (χ0n) is 11.7. The van der Waals surface area contributed by atoms with Crippen LogP contribution in [0.15, 0.2) is 23.4 Å². The number of hydrogen-bond acceptors (Lipinski definition) is 3. The van der Waals surface area contributed by atoms with Gasteiger partial charge in [0, 0.05) is 12.0 Å². The standard InChI is InChI=1S/C15H21NO2/c1-14(2,3)10-6-7-11-12(16-17)9-15(4,5)18-13(11)8-10/h6-8,17H,9H2,1-5H3. The molecule has 0 amide bonds. The van der Waals surface area contributed by atoms with Crippen LogP contribution in [0.5, 0.6) is 5.75 Å². The molecule has 0 saturated carbocycles. The molecule has 0 aromatic heterocycles. The van der Waals surface area contributed by atoms with Gasteiger partial charge >= 0.3 is 0 Å². The third-order valence-electron chi connectivity index (χ3n) is 3.26. The second-order valence-electron chi connectivity index (χ2n) is 6.55. The van der Waals surface area contributed by atoms with E-state index in [2.05, 4.69) is 38.1 Å². The molecule has 0 saturated heterocycles. The lowest BCUT2D eigenvalue weighted by molar-refractivity contribution is 0.109. The number of benzene rings is 1. The third-order valence-corrected chi connectivity index (χ3v) is 3.26. The molecule has 1 aromatic rings. The van der Waals surface area contributed by atoms with Crippen LogP contribution >= 0.6 is 0 Å². The molecule has 0 aliphatic carbocycles. The quantitative estimate of drug-likeness (QED) is 0.560. The van der Waals surface area contributed by atoms with E-state index in [0.717, 1.165) is 11.3 Å². The Hall–Kier alpha value is -1.51. The topological polar surface area (TPSA) is 41.8 Å². The molecule has 1 aromatic carbocycles. The van der Waals surface area contributed by atoms with Crippen molar-refractivity contribution < 1.29 is 9.94 Å². The van der Waals surface area contributed by atoms with Crippen LogP contribution in [-0.2, 0) is 5.41 Å². The molecule has 0 spiro atoms. The largest absolute Gasteiger partial charge is 0.487 e. The van der Waals surface area contributed by atoms with Gasteiger partial charge < -0.3 is 9.94 Å². The Balaban J connectivity index is 2.53. The maximum atomic E-state index is 9.13. The summed E-state index contributed by atoms with van der Waals surface area (Å²) in [4.78, 5) is 0. The molecule has 3 nitrogen and oxygen atoms in total. The first-order valence-electron chi connectivity index (χ1n) is 6.28. The fourth-order valence-corrected chi connectivity index (χ4v) is 2.23. The zero-order chi connectivity index (χ0) is 13.6. The Bertz CT molecular complexity index is 496. The second kappa shape index (κ2) is 4.01. The molecular formula is C15H21NO2. The van der Waals surface area contributed by atoms with Crippen LogP contribution in [0.25, 0.3) is 0 Å². The molecule has 0 radical (unpaired) electrons. The minimum absolute atomic E-state index is 0.0799. The summed E-state index contributed by atoms with van der Waals surface area (Å²) < 4.78 is 6.00. The average Bonchev–Trinajstić information content (AvgIpc) is 2.24. The molecule has 0 fully saturated rings. The van der Waals surface area contributed by atoms with Crippen molar-refractivity contribution in [1.29, 1.82) is 0 Å². The van der Waals surface area contributed by atoms with E-state index < -0.39 is 0 Å². The van der Waals surface area contributed by atoms with Gasteiger partial charge in [0.2, 0.25) is 0 Å². The number of nitrogens with zero attached hydrogens (tertiary/aromatic N) is 1. The van der Waals surface area contributed by atoms with Crippen molar-refractivity contribution in [3.8, 4) is 5.75 Å². The normalized spacial score (nSPS) is 20.4. The van der Waals surface area contributed by atoms with Crippen molar-refractivity contribution in [2.24, 2.45) is 5.16 Å². The number of rotatable bonds is 0. The van der Waals surface area contributed by atoms with Crippen molar-refractivity contribution in [2.75, 3.05) is 0 Å². The van der Waals surface area contributed by atoms with Crippen LogP contribution < -0.4 is 4.74 Å². The first kappa shape index (κ1) is 12.9. The Morgan fingerprint density at radius 2 is 1.94 bits per heavy atom. The van der Waals surface area contributed by atoms with Gasteiger partial charge in [-0.25, -0.2) is 0 Å². The van der Waals surface area contributed by atoms with Gasteiger partial charge in [0.1, 0.15) is 11.4 Å². The van der Waals surface area contributed by atoms with Gasteiger partial charge in [-0.3, -0.25) is 0 Å². The molecule has 1 N–H and O–H groups in total. The average molecular weight is 247 g/mol. The minimum atomic E-state index is -0.328. The van der Waals surface area contributed by atoms with Gasteiger partial charge in [0.15, 0.2) is 0 Å². The summed E-state index contributed by atoms with van der Waals surface area (Å²) in [5.74, 6) is 0.812. The van der Waals surface area contributed by atoms with Gasteiger partial charge in [0.05, 0.1) is 5.71 Å². The first-order valence-corrected chi connectivity index (χ1v) is 6.28. The number of oxime groups is 1. The van der Waals surface area contributed by atoms with Crippen LogP contribution in [0.2, 0.25) is 0 Å². The highest BCUT2D eigenvalue weighted by atomic mass is 16.5. The van der Waals surface area contributed by atoms with Gasteiger partial charge in [-0.15, -0.1) is 0 Å². The van der Waals surface area contributed by atoms with E-state index in [1.165, 1.54) is 5.56 Å². The number of fused-ring (bicyclic) bond motifs is 1. The van der Waals surface area contributed by atoms with Crippen LogP contribution in [0.1, 0.15) is 52.2 Å². The Morgan fingerprint density at radius 3 is 2.50 bits per heavy atom. The zero-order valence-corrected chi connectivity index (χ0v) is 11.7. The Morgan fingerprint density at radius 1 is 1.28 bits per heavy atom. The van der Waals surface area contributed by atoms with E-state index in [0.29, 0.717) is 12.1 Å². The lowest BCUT2D eigenvalue weighted by atomic mass is 9.84. The Labute approximate surface area is 108 Å².